The normalized spacial score (nSPS) is 51.0. The van der Waals surface area contributed by atoms with Crippen molar-refractivity contribution < 1.29 is 0 Å². The Morgan fingerprint density at radius 1 is 1.60 bits per heavy atom. The van der Waals surface area contributed by atoms with E-state index < -0.39 is 0 Å². The first kappa shape index (κ1) is 8.31. The summed E-state index contributed by atoms with van der Waals surface area (Å²) in [6.45, 7) is 3.43. The molecule has 0 amide bonds. The van der Waals surface area contributed by atoms with E-state index in [0.717, 1.165) is 0 Å². The van der Waals surface area contributed by atoms with Crippen LogP contribution in [-0.2, 0) is 0 Å². The highest BCUT2D eigenvalue weighted by Crippen LogP contribution is 2.52. The largest absolute Gasteiger partial charge is 0.327 e. The molecule has 0 aromatic carbocycles. The average molecular weight is 163 g/mol. The zero-order chi connectivity index (χ0) is 6.48. The van der Waals surface area contributed by atoms with Crippen molar-refractivity contribution in [3.05, 3.63) is 0 Å². The van der Waals surface area contributed by atoms with Crippen LogP contribution < -0.4 is 11.1 Å². The SMILES string of the molecule is CC1NCCC12CC2N.Cl. The number of nitrogens with two attached hydrogens (primary N) is 1. The maximum atomic E-state index is 5.81. The minimum absolute atomic E-state index is 0. The minimum atomic E-state index is 0. The Bertz CT molecular complexity index is 140. The Hall–Kier alpha value is 0.210. The summed E-state index contributed by atoms with van der Waals surface area (Å²) in [7, 11) is 0. The van der Waals surface area contributed by atoms with Gasteiger partial charge in [0.1, 0.15) is 0 Å². The fraction of sp³-hybridized carbons (Fsp3) is 1.00. The molecule has 2 fully saturated rings. The summed E-state index contributed by atoms with van der Waals surface area (Å²) < 4.78 is 0. The van der Waals surface area contributed by atoms with Crippen LogP contribution in [0.3, 0.4) is 0 Å². The van der Waals surface area contributed by atoms with Gasteiger partial charge in [0.2, 0.25) is 0 Å². The van der Waals surface area contributed by atoms with Crippen LogP contribution in [0.15, 0.2) is 0 Å². The predicted molar refractivity (Wildman–Crippen MR) is 44.4 cm³/mol. The summed E-state index contributed by atoms with van der Waals surface area (Å²) in [6, 6.07) is 1.18. The van der Waals surface area contributed by atoms with Crippen LogP contribution in [-0.4, -0.2) is 18.6 Å². The lowest BCUT2D eigenvalue weighted by Gasteiger charge is -2.12. The summed E-state index contributed by atoms with van der Waals surface area (Å²) in [5, 5.41) is 3.42. The highest BCUT2D eigenvalue weighted by Gasteiger charge is 2.57. The average Bonchev–Trinajstić information content (AvgIpc) is 2.29. The molecule has 1 spiro atoms. The van der Waals surface area contributed by atoms with Crippen molar-refractivity contribution in [1.29, 1.82) is 0 Å². The number of nitrogens with one attached hydrogen (secondary N) is 1. The Morgan fingerprint density at radius 2 is 2.20 bits per heavy atom. The second-order valence-electron chi connectivity index (χ2n) is 3.47. The van der Waals surface area contributed by atoms with Crippen LogP contribution in [0.2, 0.25) is 0 Å². The first-order valence-electron chi connectivity index (χ1n) is 3.75. The van der Waals surface area contributed by atoms with Crippen LogP contribution in [0.4, 0.5) is 0 Å². The van der Waals surface area contributed by atoms with Crippen LogP contribution in [0.5, 0.6) is 0 Å². The molecule has 2 aliphatic rings. The number of hydrogen-bond acceptors (Lipinski definition) is 2. The van der Waals surface area contributed by atoms with Crippen LogP contribution in [0.25, 0.3) is 0 Å². The molecule has 0 bridgehead atoms. The lowest BCUT2D eigenvalue weighted by atomic mass is 9.98. The van der Waals surface area contributed by atoms with Gasteiger partial charge in [0.05, 0.1) is 0 Å². The maximum absolute atomic E-state index is 5.81. The summed E-state index contributed by atoms with van der Waals surface area (Å²) in [5.74, 6) is 0. The third-order valence-electron chi connectivity index (χ3n) is 3.08. The lowest BCUT2D eigenvalue weighted by molar-refractivity contribution is 0.441. The quantitative estimate of drug-likeness (QED) is 0.545. The number of rotatable bonds is 0. The minimum Gasteiger partial charge on any atom is -0.327 e. The van der Waals surface area contributed by atoms with Gasteiger partial charge in [-0.3, -0.25) is 0 Å². The molecule has 1 saturated heterocycles. The summed E-state index contributed by atoms with van der Waals surface area (Å²) in [5.41, 5.74) is 6.34. The monoisotopic (exact) mass is 162 g/mol. The van der Waals surface area contributed by atoms with Gasteiger partial charge in [-0.1, -0.05) is 0 Å². The fourth-order valence-electron chi connectivity index (χ4n) is 2.08. The van der Waals surface area contributed by atoms with E-state index in [1.807, 2.05) is 0 Å². The molecule has 1 aliphatic heterocycles. The van der Waals surface area contributed by atoms with E-state index >= 15 is 0 Å². The molecular formula is C7H15ClN2. The van der Waals surface area contributed by atoms with Crippen molar-refractivity contribution in [2.24, 2.45) is 11.1 Å². The molecule has 1 aliphatic carbocycles. The highest BCUT2D eigenvalue weighted by molar-refractivity contribution is 5.85. The molecule has 3 atom stereocenters. The van der Waals surface area contributed by atoms with E-state index in [-0.39, 0.29) is 12.4 Å². The third kappa shape index (κ3) is 0.865. The zero-order valence-corrected chi connectivity index (χ0v) is 7.08. The van der Waals surface area contributed by atoms with Crippen LogP contribution in [0, 0.1) is 5.41 Å². The zero-order valence-electron chi connectivity index (χ0n) is 6.26. The fourth-order valence-corrected chi connectivity index (χ4v) is 2.08. The molecule has 1 heterocycles. The molecule has 0 aromatic heterocycles. The third-order valence-corrected chi connectivity index (χ3v) is 3.08. The number of halogens is 1. The Morgan fingerprint density at radius 3 is 2.40 bits per heavy atom. The van der Waals surface area contributed by atoms with Gasteiger partial charge in [-0.2, -0.15) is 0 Å². The van der Waals surface area contributed by atoms with Gasteiger partial charge < -0.3 is 11.1 Å². The molecule has 1 saturated carbocycles. The summed E-state index contributed by atoms with van der Waals surface area (Å²) in [6.07, 6.45) is 2.55. The second kappa shape index (κ2) is 2.36. The standard InChI is InChI=1S/C7H14N2.ClH/c1-5-7(2-3-9-5)4-6(7)8;/h5-6,9H,2-4,8H2,1H3;1H. The van der Waals surface area contributed by atoms with Gasteiger partial charge in [-0.05, 0) is 26.3 Å². The summed E-state index contributed by atoms with van der Waals surface area (Å²) in [4.78, 5) is 0. The molecule has 60 valence electrons. The van der Waals surface area contributed by atoms with E-state index in [1.54, 1.807) is 0 Å². The van der Waals surface area contributed by atoms with E-state index in [4.69, 9.17) is 5.73 Å². The van der Waals surface area contributed by atoms with Crippen molar-refractivity contribution in [3.63, 3.8) is 0 Å². The smallest absolute Gasteiger partial charge is 0.0118 e. The van der Waals surface area contributed by atoms with Gasteiger partial charge >= 0.3 is 0 Å². The summed E-state index contributed by atoms with van der Waals surface area (Å²) >= 11 is 0. The molecule has 0 aromatic rings. The van der Waals surface area contributed by atoms with Crippen molar-refractivity contribution in [3.8, 4) is 0 Å². The molecule has 3 heteroatoms. The number of hydrogen-bond donors (Lipinski definition) is 2. The van der Waals surface area contributed by atoms with E-state index in [1.165, 1.54) is 19.4 Å². The molecular weight excluding hydrogens is 148 g/mol. The van der Waals surface area contributed by atoms with Gasteiger partial charge in [-0.25, -0.2) is 0 Å². The first-order valence-corrected chi connectivity index (χ1v) is 3.75. The van der Waals surface area contributed by atoms with E-state index in [0.29, 0.717) is 17.5 Å². The maximum Gasteiger partial charge on any atom is 0.0118 e. The van der Waals surface area contributed by atoms with Crippen molar-refractivity contribution in [1.82, 2.24) is 5.32 Å². The first-order chi connectivity index (χ1) is 4.26. The highest BCUT2D eigenvalue weighted by atomic mass is 35.5. The Balaban J connectivity index is 0.000000500. The van der Waals surface area contributed by atoms with Crippen molar-refractivity contribution in [2.45, 2.75) is 31.8 Å². The van der Waals surface area contributed by atoms with E-state index in [9.17, 15) is 0 Å². The molecule has 2 rings (SSSR count). The van der Waals surface area contributed by atoms with Gasteiger partial charge in [-0.15, -0.1) is 12.4 Å². The topological polar surface area (TPSA) is 38.0 Å². The van der Waals surface area contributed by atoms with Crippen LogP contribution in [0.1, 0.15) is 19.8 Å². The Labute approximate surface area is 68.0 Å². The predicted octanol–water partition coefficient (Wildman–Crippen LogP) is 0.507. The Kier molecular flexibility index (Phi) is 1.96. The molecule has 10 heavy (non-hydrogen) atoms. The van der Waals surface area contributed by atoms with Gasteiger partial charge in [0.25, 0.3) is 0 Å². The molecule has 2 nitrogen and oxygen atoms in total. The second-order valence-corrected chi connectivity index (χ2v) is 3.47. The van der Waals surface area contributed by atoms with Crippen molar-refractivity contribution in [2.75, 3.05) is 6.54 Å². The van der Waals surface area contributed by atoms with Gasteiger partial charge in [0.15, 0.2) is 0 Å². The van der Waals surface area contributed by atoms with Crippen molar-refractivity contribution >= 4 is 12.4 Å². The van der Waals surface area contributed by atoms with Crippen LogP contribution >= 0.6 is 12.4 Å². The molecule has 3 unspecified atom stereocenters. The lowest BCUT2D eigenvalue weighted by Crippen LogP contribution is -2.28. The molecule has 3 N–H and O–H groups in total. The van der Waals surface area contributed by atoms with Gasteiger partial charge in [0, 0.05) is 17.5 Å². The van der Waals surface area contributed by atoms with E-state index in [2.05, 4.69) is 12.2 Å². The molecule has 0 radical (unpaired) electrons.